The molecule has 16 heavy (non-hydrogen) atoms. The van der Waals surface area contributed by atoms with Crippen molar-refractivity contribution < 1.29 is 0 Å². The summed E-state index contributed by atoms with van der Waals surface area (Å²) in [6, 6.07) is 6.72. The number of aryl methyl sites for hydroxylation is 2. The molecular formula is C16H20. The van der Waals surface area contributed by atoms with Crippen LogP contribution in [-0.2, 0) is 12.8 Å². The molecule has 0 N–H and O–H groups in total. The van der Waals surface area contributed by atoms with Crippen molar-refractivity contribution in [2.45, 2.75) is 38.5 Å². The molecule has 0 nitrogen and oxygen atoms in total. The molecule has 2 rings (SSSR count). The normalized spacial score (nSPS) is 14.6. The Hall–Kier alpha value is -1.30. The van der Waals surface area contributed by atoms with Gasteiger partial charge in [-0.05, 0) is 60.8 Å². The smallest absolute Gasteiger partial charge is 0.0166 e. The van der Waals surface area contributed by atoms with Crippen LogP contribution in [0.15, 0.2) is 37.4 Å². The monoisotopic (exact) mass is 212 g/mol. The molecule has 0 heteroatoms. The number of hydrogen-bond acceptors (Lipinski definition) is 0. The fraction of sp³-hybridized carbons (Fsp3) is 0.375. The number of unbranched alkanes of at least 4 members (excludes halogenated alkanes) is 1. The molecule has 0 spiro atoms. The number of hydrogen-bond donors (Lipinski definition) is 0. The fourth-order valence-corrected chi connectivity index (χ4v) is 2.58. The van der Waals surface area contributed by atoms with Crippen molar-refractivity contribution in [2.24, 2.45) is 0 Å². The molecule has 0 saturated heterocycles. The van der Waals surface area contributed by atoms with Gasteiger partial charge < -0.3 is 0 Å². The van der Waals surface area contributed by atoms with Gasteiger partial charge in [-0.3, -0.25) is 0 Å². The third kappa shape index (κ3) is 2.27. The summed E-state index contributed by atoms with van der Waals surface area (Å²) in [6.45, 7) is 8.00. The highest BCUT2D eigenvalue weighted by Crippen LogP contribution is 2.32. The highest BCUT2D eigenvalue weighted by Gasteiger charge is 2.15. The highest BCUT2D eigenvalue weighted by atomic mass is 14.2. The van der Waals surface area contributed by atoms with E-state index in [9.17, 15) is 0 Å². The van der Waals surface area contributed by atoms with Crippen molar-refractivity contribution in [3.63, 3.8) is 0 Å². The lowest BCUT2D eigenvalue weighted by atomic mass is 9.84. The Morgan fingerprint density at radius 2 is 2.12 bits per heavy atom. The van der Waals surface area contributed by atoms with Gasteiger partial charge in [0.25, 0.3) is 0 Å². The van der Waals surface area contributed by atoms with Crippen LogP contribution in [0.2, 0.25) is 0 Å². The zero-order valence-corrected chi connectivity index (χ0v) is 9.97. The van der Waals surface area contributed by atoms with E-state index in [1.807, 2.05) is 6.08 Å². The molecule has 84 valence electrons. The van der Waals surface area contributed by atoms with Gasteiger partial charge in [-0.15, -0.1) is 6.58 Å². The van der Waals surface area contributed by atoms with Crippen molar-refractivity contribution in [3.05, 3.63) is 54.1 Å². The van der Waals surface area contributed by atoms with Gasteiger partial charge in [0.1, 0.15) is 0 Å². The maximum Gasteiger partial charge on any atom is -0.0166 e. The minimum Gasteiger partial charge on any atom is -0.103 e. The molecule has 0 radical (unpaired) electrons. The quantitative estimate of drug-likeness (QED) is 0.507. The predicted molar refractivity (Wildman–Crippen MR) is 71.5 cm³/mol. The van der Waals surface area contributed by atoms with Crippen molar-refractivity contribution in [2.75, 3.05) is 0 Å². The first-order valence-electron chi connectivity index (χ1n) is 6.22. The van der Waals surface area contributed by atoms with Gasteiger partial charge >= 0.3 is 0 Å². The Balaban J connectivity index is 2.24. The average Bonchev–Trinajstić information content (AvgIpc) is 2.30. The van der Waals surface area contributed by atoms with E-state index in [-0.39, 0.29) is 0 Å². The van der Waals surface area contributed by atoms with E-state index < -0.39 is 0 Å². The molecule has 0 aliphatic heterocycles. The summed E-state index contributed by atoms with van der Waals surface area (Å²) in [7, 11) is 0. The molecule has 0 unspecified atom stereocenters. The lowest BCUT2D eigenvalue weighted by Crippen LogP contribution is -2.05. The van der Waals surface area contributed by atoms with E-state index in [0.29, 0.717) is 0 Å². The van der Waals surface area contributed by atoms with Crippen LogP contribution in [0.3, 0.4) is 0 Å². The maximum absolute atomic E-state index is 4.22. The second-order valence-corrected chi connectivity index (χ2v) is 4.59. The summed E-state index contributed by atoms with van der Waals surface area (Å²) in [6.07, 6.45) is 9.14. The first-order valence-corrected chi connectivity index (χ1v) is 6.22. The Kier molecular flexibility index (Phi) is 3.61. The van der Waals surface area contributed by atoms with E-state index in [0.717, 1.165) is 12.8 Å². The largest absolute Gasteiger partial charge is 0.103 e. The van der Waals surface area contributed by atoms with Gasteiger partial charge in [-0.1, -0.05) is 30.9 Å². The predicted octanol–water partition coefficient (Wildman–Crippen LogP) is 4.54. The van der Waals surface area contributed by atoms with E-state index in [2.05, 4.69) is 31.4 Å². The van der Waals surface area contributed by atoms with Gasteiger partial charge in [-0.2, -0.15) is 0 Å². The second kappa shape index (κ2) is 5.16. The molecule has 0 amide bonds. The van der Waals surface area contributed by atoms with Gasteiger partial charge in [0, 0.05) is 0 Å². The Morgan fingerprint density at radius 1 is 1.25 bits per heavy atom. The molecule has 1 aliphatic carbocycles. The van der Waals surface area contributed by atoms with Crippen LogP contribution in [0.5, 0.6) is 0 Å². The topological polar surface area (TPSA) is 0 Å². The zero-order chi connectivity index (χ0) is 11.4. The van der Waals surface area contributed by atoms with E-state index in [4.69, 9.17) is 0 Å². The third-order valence-corrected chi connectivity index (χ3v) is 3.37. The number of fused-ring (bicyclic) bond motifs is 1. The minimum atomic E-state index is 1.11. The van der Waals surface area contributed by atoms with Crippen LogP contribution in [0.1, 0.15) is 42.4 Å². The number of rotatable bonds is 4. The summed E-state index contributed by atoms with van der Waals surface area (Å²) in [5.74, 6) is 0. The highest BCUT2D eigenvalue weighted by molar-refractivity contribution is 5.70. The minimum absolute atomic E-state index is 1.11. The van der Waals surface area contributed by atoms with Crippen molar-refractivity contribution in [1.29, 1.82) is 0 Å². The fourth-order valence-electron chi connectivity index (χ4n) is 2.58. The average molecular weight is 212 g/mol. The summed E-state index contributed by atoms with van der Waals surface area (Å²) in [5, 5.41) is 0. The number of allylic oxidation sites excluding steroid dienone is 2. The van der Waals surface area contributed by atoms with Crippen LogP contribution in [0, 0.1) is 0 Å². The number of benzene rings is 1. The molecular weight excluding hydrogens is 192 g/mol. The Labute approximate surface area is 98.7 Å². The first-order chi connectivity index (χ1) is 7.83. The standard InChI is InChI=1S/C16H20/c1-3-4-5-9-14-11-7-12-15-10-6-8-13(2)16(14)15/h3,7,11-12H,1-2,4-6,8-10H2. The van der Waals surface area contributed by atoms with Crippen LogP contribution < -0.4 is 0 Å². The molecule has 0 atom stereocenters. The third-order valence-electron chi connectivity index (χ3n) is 3.37. The molecule has 0 bridgehead atoms. The van der Waals surface area contributed by atoms with E-state index in [1.165, 1.54) is 47.9 Å². The molecule has 0 fully saturated rings. The molecule has 0 aromatic heterocycles. The molecule has 1 aromatic carbocycles. The van der Waals surface area contributed by atoms with Gasteiger partial charge in [0.2, 0.25) is 0 Å². The lowest BCUT2D eigenvalue weighted by Gasteiger charge is -2.21. The summed E-state index contributed by atoms with van der Waals surface area (Å²) < 4.78 is 0. The van der Waals surface area contributed by atoms with E-state index >= 15 is 0 Å². The van der Waals surface area contributed by atoms with Crippen molar-refractivity contribution in [3.8, 4) is 0 Å². The van der Waals surface area contributed by atoms with Gasteiger partial charge in [0.05, 0.1) is 0 Å². The van der Waals surface area contributed by atoms with Crippen LogP contribution in [-0.4, -0.2) is 0 Å². The van der Waals surface area contributed by atoms with Gasteiger partial charge in [0.15, 0.2) is 0 Å². The molecule has 0 heterocycles. The summed E-state index contributed by atoms with van der Waals surface area (Å²) >= 11 is 0. The Bertz CT molecular complexity index is 398. The molecule has 1 aliphatic rings. The second-order valence-electron chi connectivity index (χ2n) is 4.59. The van der Waals surface area contributed by atoms with Crippen LogP contribution in [0.4, 0.5) is 0 Å². The SMILES string of the molecule is C=CCCCc1cccc2c1C(=C)CCC2. The summed E-state index contributed by atoms with van der Waals surface area (Å²) in [4.78, 5) is 0. The maximum atomic E-state index is 4.22. The Morgan fingerprint density at radius 3 is 2.94 bits per heavy atom. The molecule has 0 saturated carbocycles. The lowest BCUT2D eigenvalue weighted by molar-refractivity contribution is 0.799. The van der Waals surface area contributed by atoms with E-state index in [1.54, 1.807) is 0 Å². The van der Waals surface area contributed by atoms with Crippen molar-refractivity contribution in [1.82, 2.24) is 0 Å². The van der Waals surface area contributed by atoms with Crippen LogP contribution >= 0.6 is 0 Å². The van der Waals surface area contributed by atoms with Gasteiger partial charge in [-0.25, -0.2) is 0 Å². The molecule has 1 aromatic rings. The summed E-state index contributed by atoms with van der Waals surface area (Å²) in [5.41, 5.74) is 5.81. The van der Waals surface area contributed by atoms with Crippen LogP contribution in [0.25, 0.3) is 5.57 Å². The zero-order valence-electron chi connectivity index (χ0n) is 9.97. The van der Waals surface area contributed by atoms with Crippen molar-refractivity contribution >= 4 is 5.57 Å². The first kappa shape index (κ1) is 11.2.